The molecular formula is C23H18N2. The Morgan fingerprint density at radius 3 is 1.72 bits per heavy atom. The second-order valence-corrected chi connectivity index (χ2v) is 6.05. The Kier molecular flexibility index (Phi) is 4.09. The number of benzene rings is 3. The molecule has 0 bridgehead atoms. The molecule has 2 heteroatoms. The van der Waals surface area contributed by atoms with Gasteiger partial charge in [0.25, 0.3) is 0 Å². The smallest absolute Gasteiger partial charge is 0.0972 e. The third-order valence-electron chi connectivity index (χ3n) is 4.21. The van der Waals surface area contributed by atoms with E-state index in [9.17, 15) is 0 Å². The molecule has 120 valence electrons. The summed E-state index contributed by atoms with van der Waals surface area (Å²) in [5.41, 5.74) is 7.16. The van der Waals surface area contributed by atoms with Crippen LogP contribution in [-0.4, -0.2) is 9.97 Å². The second kappa shape index (κ2) is 6.70. The van der Waals surface area contributed by atoms with Gasteiger partial charge in [-0.25, -0.2) is 4.98 Å². The molecule has 0 aliphatic rings. The van der Waals surface area contributed by atoms with E-state index in [0.29, 0.717) is 0 Å². The fourth-order valence-corrected chi connectivity index (χ4v) is 2.86. The van der Waals surface area contributed by atoms with Gasteiger partial charge in [0.05, 0.1) is 23.3 Å². The molecule has 2 nitrogen and oxygen atoms in total. The Balaban J connectivity index is 1.90. The van der Waals surface area contributed by atoms with Crippen LogP contribution in [0.1, 0.15) is 5.56 Å². The van der Waals surface area contributed by atoms with E-state index in [2.05, 4.69) is 55.5 Å². The molecule has 0 aliphatic heterocycles. The highest BCUT2D eigenvalue weighted by molar-refractivity contribution is 5.79. The number of rotatable bonds is 3. The van der Waals surface area contributed by atoms with Crippen molar-refractivity contribution in [3.8, 4) is 33.8 Å². The van der Waals surface area contributed by atoms with Crippen LogP contribution in [0.3, 0.4) is 0 Å². The maximum atomic E-state index is 4.96. The van der Waals surface area contributed by atoms with E-state index in [0.717, 1.165) is 33.8 Å². The molecule has 0 saturated heterocycles. The highest BCUT2D eigenvalue weighted by Crippen LogP contribution is 2.30. The fourth-order valence-electron chi connectivity index (χ4n) is 2.86. The normalized spacial score (nSPS) is 10.6. The maximum absolute atomic E-state index is 4.96. The monoisotopic (exact) mass is 322 g/mol. The van der Waals surface area contributed by atoms with Gasteiger partial charge in [-0.15, -0.1) is 0 Å². The van der Waals surface area contributed by atoms with Crippen LogP contribution in [0.2, 0.25) is 0 Å². The largest absolute Gasteiger partial charge is 0.252 e. The van der Waals surface area contributed by atoms with E-state index in [4.69, 9.17) is 9.97 Å². The van der Waals surface area contributed by atoms with E-state index in [1.807, 2.05) is 42.6 Å². The topological polar surface area (TPSA) is 25.8 Å². The number of hydrogen-bond acceptors (Lipinski definition) is 2. The number of nitrogens with zero attached hydrogens (tertiary/aromatic N) is 2. The summed E-state index contributed by atoms with van der Waals surface area (Å²) in [7, 11) is 0. The minimum absolute atomic E-state index is 0.888. The molecule has 1 heterocycles. The molecule has 25 heavy (non-hydrogen) atoms. The second-order valence-electron chi connectivity index (χ2n) is 6.05. The molecular weight excluding hydrogens is 304 g/mol. The van der Waals surface area contributed by atoms with Gasteiger partial charge in [0.2, 0.25) is 0 Å². The van der Waals surface area contributed by atoms with Crippen molar-refractivity contribution in [1.82, 2.24) is 9.97 Å². The average molecular weight is 322 g/mol. The summed E-state index contributed by atoms with van der Waals surface area (Å²) in [6, 6.07) is 28.8. The van der Waals surface area contributed by atoms with Gasteiger partial charge in [0, 0.05) is 16.7 Å². The van der Waals surface area contributed by atoms with Crippen LogP contribution in [0, 0.1) is 6.92 Å². The molecule has 0 spiro atoms. The molecule has 4 aromatic rings. The Morgan fingerprint density at radius 2 is 1.12 bits per heavy atom. The van der Waals surface area contributed by atoms with Gasteiger partial charge in [-0.3, -0.25) is 4.98 Å². The molecule has 0 unspecified atom stereocenters. The number of aromatic nitrogens is 2. The predicted molar refractivity (Wildman–Crippen MR) is 103 cm³/mol. The Bertz CT molecular complexity index is 975. The molecule has 0 amide bonds. The third-order valence-corrected chi connectivity index (χ3v) is 4.21. The van der Waals surface area contributed by atoms with Gasteiger partial charge in [-0.05, 0) is 6.92 Å². The SMILES string of the molecule is Cc1ccc(-c2cnc(-c3ccccc3)c(-c3ccccc3)n2)cc1. The molecule has 4 rings (SSSR count). The summed E-state index contributed by atoms with van der Waals surface area (Å²) in [5, 5.41) is 0. The lowest BCUT2D eigenvalue weighted by Gasteiger charge is -2.11. The molecule has 0 aliphatic carbocycles. The summed E-state index contributed by atoms with van der Waals surface area (Å²) in [6.45, 7) is 2.09. The summed E-state index contributed by atoms with van der Waals surface area (Å²) in [6.07, 6.45) is 1.86. The van der Waals surface area contributed by atoms with Crippen molar-refractivity contribution in [2.45, 2.75) is 6.92 Å². The highest BCUT2D eigenvalue weighted by Gasteiger charge is 2.12. The van der Waals surface area contributed by atoms with Crippen molar-refractivity contribution in [1.29, 1.82) is 0 Å². The van der Waals surface area contributed by atoms with E-state index in [1.165, 1.54) is 5.56 Å². The zero-order valence-corrected chi connectivity index (χ0v) is 14.1. The Hall–Kier alpha value is -3.26. The van der Waals surface area contributed by atoms with Crippen LogP contribution in [0.15, 0.2) is 91.1 Å². The van der Waals surface area contributed by atoms with Crippen LogP contribution < -0.4 is 0 Å². The van der Waals surface area contributed by atoms with Crippen LogP contribution in [0.4, 0.5) is 0 Å². The van der Waals surface area contributed by atoms with Gasteiger partial charge < -0.3 is 0 Å². The zero-order chi connectivity index (χ0) is 17.1. The molecule has 0 fully saturated rings. The number of aryl methyl sites for hydroxylation is 1. The summed E-state index contributed by atoms with van der Waals surface area (Å²) < 4.78 is 0. The van der Waals surface area contributed by atoms with Crippen molar-refractivity contribution in [3.05, 3.63) is 96.7 Å². The van der Waals surface area contributed by atoms with Gasteiger partial charge in [0.1, 0.15) is 0 Å². The van der Waals surface area contributed by atoms with Crippen molar-refractivity contribution in [2.75, 3.05) is 0 Å². The first-order valence-electron chi connectivity index (χ1n) is 8.36. The fraction of sp³-hybridized carbons (Fsp3) is 0.0435. The lowest BCUT2D eigenvalue weighted by atomic mass is 10.0. The van der Waals surface area contributed by atoms with Crippen LogP contribution in [0.5, 0.6) is 0 Å². The first-order valence-corrected chi connectivity index (χ1v) is 8.36. The number of hydrogen-bond donors (Lipinski definition) is 0. The van der Waals surface area contributed by atoms with Crippen molar-refractivity contribution < 1.29 is 0 Å². The third kappa shape index (κ3) is 3.20. The molecule has 1 aromatic heterocycles. The van der Waals surface area contributed by atoms with Gasteiger partial charge in [-0.2, -0.15) is 0 Å². The van der Waals surface area contributed by atoms with E-state index in [1.54, 1.807) is 0 Å². The van der Waals surface area contributed by atoms with Gasteiger partial charge in [-0.1, -0.05) is 90.5 Å². The molecule has 0 saturated carbocycles. The van der Waals surface area contributed by atoms with Gasteiger partial charge in [0.15, 0.2) is 0 Å². The van der Waals surface area contributed by atoms with Crippen molar-refractivity contribution >= 4 is 0 Å². The lowest BCUT2D eigenvalue weighted by Crippen LogP contribution is -1.96. The average Bonchev–Trinajstić information content (AvgIpc) is 2.69. The predicted octanol–water partition coefficient (Wildman–Crippen LogP) is 5.79. The van der Waals surface area contributed by atoms with E-state index >= 15 is 0 Å². The summed E-state index contributed by atoms with van der Waals surface area (Å²) >= 11 is 0. The molecule has 0 atom stereocenters. The van der Waals surface area contributed by atoms with Crippen molar-refractivity contribution in [2.24, 2.45) is 0 Å². The summed E-state index contributed by atoms with van der Waals surface area (Å²) in [4.78, 5) is 9.72. The van der Waals surface area contributed by atoms with Crippen LogP contribution >= 0.6 is 0 Å². The Morgan fingerprint density at radius 1 is 0.560 bits per heavy atom. The summed E-state index contributed by atoms with van der Waals surface area (Å²) in [5.74, 6) is 0. The molecule has 3 aromatic carbocycles. The maximum Gasteiger partial charge on any atom is 0.0972 e. The quantitative estimate of drug-likeness (QED) is 0.477. The minimum atomic E-state index is 0.888. The van der Waals surface area contributed by atoms with E-state index < -0.39 is 0 Å². The van der Waals surface area contributed by atoms with E-state index in [-0.39, 0.29) is 0 Å². The van der Waals surface area contributed by atoms with Crippen LogP contribution in [-0.2, 0) is 0 Å². The highest BCUT2D eigenvalue weighted by atomic mass is 14.8. The Labute approximate surface area is 147 Å². The first kappa shape index (κ1) is 15.3. The molecule has 0 radical (unpaired) electrons. The van der Waals surface area contributed by atoms with Gasteiger partial charge >= 0.3 is 0 Å². The van der Waals surface area contributed by atoms with Crippen molar-refractivity contribution in [3.63, 3.8) is 0 Å². The molecule has 0 N–H and O–H groups in total. The lowest BCUT2D eigenvalue weighted by molar-refractivity contribution is 1.21. The van der Waals surface area contributed by atoms with Crippen LogP contribution in [0.25, 0.3) is 33.8 Å². The minimum Gasteiger partial charge on any atom is -0.252 e. The zero-order valence-electron chi connectivity index (χ0n) is 14.1. The standard InChI is InChI=1S/C23H18N2/c1-17-12-14-18(15-13-17)21-16-24-22(19-8-4-2-5-9-19)23(25-21)20-10-6-3-7-11-20/h2-16H,1H3. The first-order chi connectivity index (χ1) is 12.3.